The van der Waals surface area contributed by atoms with Crippen molar-refractivity contribution in [1.29, 1.82) is 0 Å². The van der Waals surface area contributed by atoms with Gasteiger partial charge in [-0.2, -0.15) is 0 Å². The van der Waals surface area contributed by atoms with Crippen LogP contribution in [0.5, 0.6) is 0 Å². The second kappa shape index (κ2) is 6.16. The van der Waals surface area contributed by atoms with Crippen LogP contribution in [-0.4, -0.2) is 43.6 Å². The molecule has 1 unspecified atom stereocenters. The Bertz CT molecular complexity index is 471. The van der Waals surface area contributed by atoms with Crippen LogP contribution in [0.15, 0.2) is 11.4 Å². The second-order valence-corrected chi connectivity index (χ2v) is 5.20. The molecule has 1 aromatic heterocycles. The third-order valence-corrected chi connectivity index (χ3v) is 4.14. The number of carbonyl (C=O) groups is 2. The van der Waals surface area contributed by atoms with Crippen LogP contribution in [0.4, 0.5) is 0 Å². The summed E-state index contributed by atoms with van der Waals surface area (Å²) in [6.45, 7) is 2.84. The highest BCUT2D eigenvalue weighted by molar-refractivity contribution is 7.10. The van der Waals surface area contributed by atoms with E-state index in [1.54, 1.807) is 16.2 Å². The van der Waals surface area contributed by atoms with Gasteiger partial charge in [-0.25, -0.2) is 4.79 Å². The summed E-state index contributed by atoms with van der Waals surface area (Å²) in [4.78, 5) is 26.8. The fraction of sp³-hybridized carbons (Fsp3) is 0.538. The number of ether oxygens (including phenoxy) is 2. The first-order valence-electron chi connectivity index (χ1n) is 6.20. The van der Waals surface area contributed by atoms with E-state index in [-0.39, 0.29) is 12.5 Å². The third kappa shape index (κ3) is 2.79. The van der Waals surface area contributed by atoms with Crippen LogP contribution in [0.25, 0.3) is 0 Å². The Labute approximate surface area is 116 Å². The molecule has 0 fully saturated rings. The Kier molecular flexibility index (Phi) is 4.55. The lowest BCUT2D eigenvalue weighted by Gasteiger charge is -2.33. The molecule has 5 nitrogen and oxygen atoms in total. The molecule has 1 aliphatic heterocycles. The quantitative estimate of drug-likeness (QED) is 0.783. The Morgan fingerprint density at radius 1 is 1.53 bits per heavy atom. The summed E-state index contributed by atoms with van der Waals surface area (Å²) in [6, 6.07) is 1.26. The predicted octanol–water partition coefficient (Wildman–Crippen LogP) is 1.38. The van der Waals surface area contributed by atoms with Crippen molar-refractivity contribution >= 4 is 23.2 Å². The maximum Gasteiger partial charge on any atom is 0.333 e. The first-order valence-corrected chi connectivity index (χ1v) is 7.08. The summed E-state index contributed by atoms with van der Waals surface area (Å²) in [5.74, 6) is -0.571. The Balaban J connectivity index is 2.24. The van der Waals surface area contributed by atoms with E-state index in [0.29, 0.717) is 13.2 Å². The SMILES string of the molecule is CCOCC(=O)N1CCc2sccc2C1C(=O)OC. The maximum absolute atomic E-state index is 12.1. The molecular weight excluding hydrogens is 266 g/mol. The monoisotopic (exact) mass is 283 g/mol. The van der Waals surface area contributed by atoms with Gasteiger partial charge in [0.2, 0.25) is 5.91 Å². The van der Waals surface area contributed by atoms with Crippen molar-refractivity contribution in [1.82, 2.24) is 4.90 Å². The molecule has 1 aromatic rings. The lowest BCUT2D eigenvalue weighted by molar-refractivity contribution is -0.155. The van der Waals surface area contributed by atoms with E-state index in [1.165, 1.54) is 7.11 Å². The lowest BCUT2D eigenvalue weighted by atomic mass is 10.00. The smallest absolute Gasteiger partial charge is 0.333 e. The molecule has 104 valence electrons. The van der Waals surface area contributed by atoms with Gasteiger partial charge in [-0.15, -0.1) is 11.3 Å². The molecule has 0 bridgehead atoms. The van der Waals surface area contributed by atoms with Crippen molar-refractivity contribution in [3.05, 3.63) is 21.9 Å². The molecule has 0 radical (unpaired) electrons. The minimum Gasteiger partial charge on any atom is -0.467 e. The minimum atomic E-state index is -0.632. The largest absolute Gasteiger partial charge is 0.467 e. The Morgan fingerprint density at radius 3 is 3.00 bits per heavy atom. The number of amides is 1. The summed E-state index contributed by atoms with van der Waals surface area (Å²) in [6.07, 6.45) is 0.776. The van der Waals surface area contributed by atoms with Crippen molar-refractivity contribution in [2.75, 3.05) is 26.9 Å². The number of fused-ring (bicyclic) bond motifs is 1. The Hall–Kier alpha value is -1.40. The molecule has 2 rings (SSSR count). The van der Waals surface area contributed by atoms with Gasteiger partial charge < -0.3 is 14.4 Å². The number of esters is 1. The highest BCUT2D eigenvalue weighted by atomic mass is 32.1. The van der Waals surface area contributed by atoms with Gasteiger partial charge in [0.15, 0.2) is 6.04 Å². The molecule has 0 spiro atoms. The van der Waals surface area contributed by atoms with E-state index >= 15 is 0 Å². The summed E-state index contributed by atoms with van der Waals surface area (Å²) in [7, 11) is 1.34. The number of thiophene rings is 1. The predicted molar refractivity (Wildman–Crippen MR) is 71.0 cm³/mol. The van der Waals surface area contributed by atoms with Crippen LogP contribution in [0.1, 0.15) is 23.4 Å². The maximum atomic E-state index is 12.1. The number of carbonyl (C=O) groups excluding carboxylic acids is 2. The zero-order valence-electron chi connectivity index (χ0n) is 11.0. The van der Waals surface area contributed by atoms with Crippen molar-refractivity contribution < 1.29 is 19.1 Å². The van der Waals surface area contributed by atoms with Crippen LogP contribution < -0.4 is 0 Å². The molecular formula is C13H17NO4S. The zero-order chi connectivity index (χ0) is 13.8. The first-order chi connectivity index (χ1) is 9.19. The zero-order valence-corrected chi connectivity index (χ0v) is 11.9. The van der Waals surface area contributed by atoms with Crippen molar-refractivity contribution in [3.8, 4) is 0 Å². The molecule has 19 heavy (non-hydrogen) atoms. The number of nitrogens with zero attached hydrogens (tertiary/aromatic N) is 1. The average Bonchev–Trinajstić information content (AvgIpc) is 2.91. The van der Waals surface area contributed by atoms with Crippen molar-refractivity contribution in [2.45, 2.75) is 19.4 Å². The summed E-state index contributed by atoms with van der Waals surface area (Å²) in [5.41, 5.74) is 0.882. The van der Waals surface area contributed by atoms with E-state index in [0.717, 1.165) is 16.9 Å². The van der Waals surface area contributed by atoms with E-state index in [9.17, 15) is 9.59 Å². The highest BCUT2D eigenvalue weighted by Crippen LogP contribution is 2.34. The van der Waals surface area contributed by atoms with Gasteiger partial charge in [-0.05, 0) is 30.4 Å². The van der Waals surface area contributed by atoms with E-state index in [1.807, 2.05) is 18.4 Å². The molecule has 0 aromatic carbocycles. The summed E-state index contributed by atoms with van der Waals surface area (Å²) >= 11 is 1.61. The Morgan fingerprint density at radius 2 is 2.32 bits per heavy atom. The third-order valence-electron chi connectivity index (χ3n) is 3.14. The molecule has 1 atom stereocenters. The molecule has 0 aliphatic carbocycles. The number of rotatable bonds is 4. The summed E-state index contributed by atoms with van der Waals surface area (Å²) in [5, 5.41) is 1.94. The van der Waals surface area contributed by atoms with Gasteiger partial charge in [0, 0.05) is 18.0 Å². The normalized spacial score (nSPS) is 18.0. The van der Waals surface area contributed by atoms with E-state index < -0.39 is 12.0 Å². The number of hydrogen-bond acceptors (Lipinski definition) is 5. The van der Waals surface area contributed by atoms with Crippen LogP contribution in [0.3, 0.4) is 0 Å². The lowest BCUT2D eigenvalue weighted by Crippen LogP contribution is -2.45. The molecule has 2 heterocycles. The van der Waals surface area contributed by atoms with Gasteiger partial charge in [0.05, 0.1) is 7.11 Å². The average molecular weight is 283 g/mol. The molecule has 0 saturated heterocycles. The van der Waals surface area contributed by atoms with Crippen molar-refractivity contribution in [2.24, 2.45) is 0 Å². The first kappa shape index (κ1) is 14.0. The van der Waals surface area contributed by atoms with Gasteiger partial charge in [0.1, 0.15) is 6.61 Å². The molecule has 6 heteroatoms. The van der Waals surface area contributed by atoms with Gasteiger partial charge in [0.25, 0.3) is 0 Å². The summed E-state index contributed by atoms with van der Waals surface area (Å²) < 4.78 is 9.97. The fourth-order valence-electron chi connectivity index (χ4n) is 2.22. The number of hydrogen-bond donors (Lipinski definition) is 0. The van der Waals surface area contributed by atoms with Crippen LogP contribution in [-0.2, 0) is 25.5 Å². The van der Waals surface area contributed by atoms with Crippen LogP contribution >= 0.6 is 11.3 Å². The van der Waals surface area contributed by atoms with E-state index in [2.05, 4.69) is 0 Å². The van der Waals surface area contributed by atoms with Gasteiger partial charge in [-0.3, -0.25) is 4.79 Å². The topological polar surface area (TPSA) is 55.8 Å². The van der Waals surface area contributed by atoms with Gasteiger partial charge >= 0.3 is 5.97 Å². The minimum absolute atomic E-state index is 0.00344. The van der Waals surface area contributed by atoms with Gasteiger partial charge in [-0.1, -0.05) is 0 Å². The number of methoxy groups -OCH3 is 1. The molecule has 0 N–H and O–H groups in total. The molecule has 0 saturated carbocycles. The second-order valence-electron chi connectivity index (χ2n) is 4.20. The van der Waals surface area contributed by atoms with Crippen LogP contribution in [0, 0.1) is 0 Å². The molecule has 1 aliphatic rings. The standard InChI is InChI=1S/C13H17NO4S/c1-3-18-8-11(15)14-6-4-10-9(5-7-19-10)12(14)13(16)17-2/h5,7,12H,3-4,6,8H2,1-2H3. The van der Waals surface area contributed by atoms with Crippen LogP contribution in [0.2, 0.25) is 0 Å². The van der Waals surface area contributed by atoms with E-state index in [4.69, 9.17) is 9.47 Å². The van der Waals surface area contributed by atoms with Crippen molar-refractivity contribution in [3.63, 3.8) is 0 Å². The highest BCUT2D eigenvalue weighted by Gasteiger charge is 2.37. The molecule has 1 amide bonds. The fourth-order valence-corrected chi connectivity index (χ4v) is 3.13.